The molecule has 1 aromatic rings. The fraction of sp³-hybridized carbons (Fsp3) is 0.455. The summed E-state index contributed by atoms with van der Waals surface area (Å²) in [6, 6.07) is 8.75. The molecule has 1 aromatic carbocycles. The van der Waals surface area contributed by atoms with Crippen LogP contribution in [0.5, 0.6) is 0 Å². The van der Waals surface area contributed by atoms with Gasteiger partial charge in [0.15, 0.2) is 0 Å². The van der Waals surface area contributed by atoms with E-state index in [0.29, 0.717) is 11.1 Å². The molecule has 2 nitrogen and oxygen atoms in total. The highest BCUT2D eigenvalue weighted by atomic mass is 16.2. The molecule has 2 rings (SSSR count). The molecule has 0 aromatic heterocycles. The molecule has 0 saturated heterocycles. The van der Waals surface area contributed by atoms with E-state index in [9.17, 15) is 9.59 Å². The van der Waals surface area contributed by atoms with E-state index in [4.69, 9.17) is 0 Å². The molecule has 1 aliphatic rings. The lowest BCUT2D eigenvalue weighted by molar-refractivity contribution is -0.111. The van der Waals surface area contributed by atoms with Crippen LogP contribution in [-0.4, -0.2) is 11.6 Å². The molecule has 0 heterocycles. The van der Waals surface area contributed by atoms with Crippen molar-refractivity contribution in [1.29, 1.82) is 0 Å². The van der Waals surface area contributed by atoms with Gasteiger partial charge in [-0.1, -0.05) is 90.1 Å². The van der Waals surface area contributed by atoms with Gasteiger partial charge in [0.05, 0.1) is 0 Å². The van der Waals surface area contributed by atoms with Crippen molar-refractivity contribution in [3.05, 3.63) is 59.7 Å². The van der Waals surface area contributed by atoms with E-state index in [2.05, 4.69) is 47.6 Å². The van der Waals surface area contributed by atoms with Gasteiger partial charge in [-0.15, -0.1) is 0 Å². The van der Waals surface area contributed by atoms with Gasteiger partial charge in [0.25, 0.3) is 0 Å². The molecule has 0 saturated carbocycles. The summed E-state index contributed by atoms with van der Waals surface area (Å²) >= 11 is 0. The van der Waals surface area contributed by atoms with E-state index in [1.807, 2.05) is 18.2 Å². The average Bonchev–Trinajstić information content (AvgIpc) is 2.52. The van der Waals surface area contributed by atoms with Crippen LogP contribution in [0.25, 0.3) is 0 Å². The monoisotopic (exact) mass is 324 g/mol. The molecule has 0 amide bonds. The van der Waals surface area contributed by atoms with E-state index in [-0.39, 0.29) is 16.2 Å². The molecule has 0 N–H and O–H groups in total. The molecule has 0 spiro atoms. The summed E-state index contributed by atoms with van der Waals surface area (Å²) in [6.45, 7) is 13.4. The second kappa shape index (κ2) is 6.16. The number of benzene rings is 1. The molecule has 0 atom stereocenters. The Bertz CT molecular complexity index is 678. The highest BCUT2D eigenvalue weighted by Gasteiger charge is 2.48. The number of carbonyl (C=O) groups excluding carboxylic acids is 2. The van der Waals surface area contributed by atoms with Gasteiger partial charge in [-0.05, 0) is 17.3 Å². The van der Waals surface area contributed by atoms with Crippen molar-refractivity contribution in [1.82, 2.24) is 0 Å². The largest absolute Gasteiger partial charge is 0.285 e. The Morgan fingerprint density at radius 3 is 1.83 bits per heavy atom. The first kappa shape index (κ1) is 18.4. The highest BCUT2D eigenvalue weighted by molar-refractivity contribution is 6.49. The van der Waals surface area contributed by atoms with Gasteiger partial charge in [-0.25, -0.2) is 0 Å². The third kappa shape index (κ3) is 3.15. The Balaban J connectivity index is 2.29. The molecule has 128 valence electrons. The van der Waals surface area contributed by atoms with Gasteiger partial charge >= 0.3 is 0 Å². The Labute approximate surface area is 145 Å². The molecule has 0 fully saturated rings. The van der Waals surface area contributed by atoms with Crippen LogP contribution in [0.3, 0.4) is 0 Å². The summed E-state index contributed by atoms with van der Waals surface area (Å²) in [7, 11) is 0. The number of Topliss-reactive ketones (excluding diaryl/α,β-unsaturated/α-hetero) is 2. The topological polar surface area (TPSA) is 34.1 Å². The third-order valence-electron chi connectivity index (χ3n) is 5.37. The van der Waals surface area contributed by atoms with Gasteiger partial charge in [0.1, 0.15) is 0 Å². The zero-order valence-electron chi connectivity index (χ0n) is 15.6. The minimum atomic E-state index is -0.439. The van der Waals surface area contributed by atoms with Crippen molar-refractivity contribution in [3.8, 4) is 0 Å². The van der Waals surface area contributed by atoms with Gasteiger partial charge in [0.2, 0.25) is 11.6 Å². The second-order valence-corrected chi connectivity index (χ2v) is 8.69. The van der Waals surface area contributed by atoms with Crippen LogP contribution in [0.15, 0.2) is 54.1 Å². The van der Waals surface area contributed by atoms with Crippen LogP contribution < -0.4 is 0 Å². The number of rotatable bonds is 3. The van der Waals surface area contributed by atoms with E-state index >= 15 is 0 Å². The number of hydrogen-bond donors (Lipinski definition) is 0. The minimum absolute atomic E-state index is 0.0519. The summed E-state index contributed by atoms with van der Waals surface area (Å²) in [6.07, 6.45) is 6.71. The molecule has 0 aliphatic heterocycles. The molecule has 0 bridgehead atoms. The Kier molecular flexibility index (Phi) is 4.72. The maximum atomic E-state index is 12.5. The maximum absolute atomic E-state index is 12.5. The zero-order valence-corrected chi connectivity index (χ0v) is 15.6. The number of allylic oxidation sites excluding steroid dienone is 4. The summed E-state index contributed by atoms with van der Waals surface area (Å²) in [5.41, 5.74) is 1.000. The number of carbonyl (C=O) groups is 2. The van der Waals surface area contributed by atoms with Gasteiger partial charge in [-0.3, -0.25) is 9.59 Å². The molecule has 0 radical (unpaired) electrons. The minimum Gasteiger partial charge on any atom is -0.285 e. The lowest BCUT2D eigenvalue weighted by Crippen LogP contribution is -2.45. The van der Waals surface area contributed by atoms with Gasteiger partial charge < -0.3 is 0 Å². The smallest absolute Gasteiger partial charge is 0.233 e. The SMILES string of the molecule is CC(C)(C)C1(C(C)(C)C)C=CC(C(=O)C(=O)c2ccccc2)=CC1. The van der Waals surface area contributed by atoms with Crippen molar-refractivity contribution < 1.29 is 9.59 Å². The van der Waals surface area contributed by atoms with Crippen molar-refractivity contribution >= 4 is 11.6 Å². The van der Waals surface area contributed by atoms with Crippen LogP contribution in [0, 0.1) is 16.2 Å². The van der Waals surface area contributed by atoms with Crippen LogP contribution in [-0.2, 0) is 4.79 Å². The Hall–Kier alpha value is -1.96. The zero-order chi connectivity index (χ0) is 18.2. The predicted octanol–water partition coefficient (Wildman–Crippen LogP) is 5.40. The first-order chi connectivity index (χ1) is 11.0. The molecule has 0 unspecified atom stereocenters. The fourth-order valence-corrected chi connectivity index (χ4v) is 3.90. The van der Waals surface area contributed by atoms with Crippen LogP contribution >= 0.6 is 0 Å². The van der Waals surface area contributed by atoms with E-state index in [1.165, 1.54) is 0 Å². The maximum Gasteiger partial charge on any atom is 0.233 e. The Morgan fingerprint density at radius 2 is 1.42 bits per heavy atom. The number of hydrogen-bond acceptors (Lipinski definition) is 2. The average molecular weight is 324 g/mol. The first-order valence-electron chi connectivity index (χ1n) is 8.53. The summed E-state index contributed by atoms with van der Waals surface area (Å²) in [5.74, 6) is -0.862. The summed E-state index contributed by atoms with van der Waals surface area (Å²) in [5, 5.41) is 0. The summed E-state index contributed by atoms with van der Waals surface area (Å²) < 4.78 is 0. The quantitative estimate of drug-likeness (QED) is 0.551. The van der Waals surface area contributed by atoms with Crippen molar-refractivity contribution in [2.45, 2.75) is 48.0 Å². The first-order valence-corrected chi connectivity index (χ1v) is 8.53. The summed E-state index contributed by atoms with van der Waals surface area (Å²) in [4.78, 5) is 24.9. The lowest BCUT2D eigenvalue weighted by Gasteiger charge is -2.53. The van der Waals surface area contributed by atoms with Crippen molar-refractivity contribution in [3.63, 3.8) is 0 Å². The van der Waals surface area contributed by atoms with E-state index in [0.717, 1.165) is 6.42 Å². The van der Waals surface area contributed by atoms with Crippen molar-refractivity contribution in [2.24, 2.45) is 16.2 Å². The van der Waals surface area contributed by atoms with Crippen LogP contribution in [0.1, 0.15) is 58.3 Å². The van der Waals surface area contributed by atoms with Gasteiger partial charge in [-0.2, -0.15) is 0 Å². The third-order valence-corrected chi connectivity index (χ3v) is 5.37. The standard InChI is InChI=1S/C22H28O2/c1-20(2,3)22(21(4,5)6)14-12-17(13-15-22)19(24)18(23)16-10-8-7-9-11-16/h7-14H,15H2,1-6H3. The Morgan fingerprint density at radius 1 is 0.875 bits per heavy atom. The second-order valence-electron chi connectivity index (χ2n) is 8.69. The van der Waals surface area contributed by atoms with Crippen LogP contribution in [0.4, 0.5) is 0 Å². The highest BCUT2D eigenvalue weighted by Crippen LogP contribution is 2.56. The molecule has 1 aliphatic carbocycles. The molecular weight excluding hydrogens is 296 g/mol. The lowest BCUT2D eigenvalue weighted by atomic mass is 9.51. The molecule has 24 heavy (non-hydrogen) atoms. The predicted molar refractivity (Wildman–Crippen MR) is 99.0 cm³/mol. The van der Waals surface area contributed by atoms with E-state index < -0.39 is 11.6 Å². The number of ketones is 2. The van der Waals surface area contributed by atoms with Gasteiger partial charge in [0, 0.05) is 16.6 Å². The molecular formula is C22H28O2. The normalized spacial score (nSPS) is 17.3. The van der Waals surface area contributed by atoms with E-state index in [1.54, 1.807) is 24.3 Å². The fourth-order valence-electron chi connectivity index (χ4n) is 3.90. The van der Waals surface area contributed by atoms with Crippen molar-refractivity contribution in [2.75, 3.05) is 0 Å². The molecule has 2 heteroatoms. The van der Waals surface area contributed by atoms with Crippen LogP contribution in [0.2, 0.25) is 0 Å².